The van der Waals surface area contributed by atoms with Gasteiger partial charge in [-0.15, -0.1) is 0 Å². The van der Waals surface area contributed by atoms with Crippen molar-refractivity contribution in [3.63, 3.8) is 0 Å². The SMILES string of the molecule is CCCN1CCC(NC(=O)CN(C)S(=O)(=O)c2ccc3ccccc3c2)CC1. The molecule has 2 aromatic carbocycles. The summed E-state index contributed by atoms with van der Waals surface area (Å²) >= 11 is 0. The fraction of sp³-hybridized carbons (Fsp3) is 0.476. The van der Waals surface area contributed by atoms with Gasteiger partial charge in [0.05, 0.1) is 11.4 Å². The van der Waals surface area contributed by atoms with E-state index in [1.807, 2.05) is 24.3 Å². The molecule has 1 aliphatic rings. The van der Waals surface area contributed by atoms with Crippen molar-refractivity contribution in [2.75, 3.05) is 33.2 Å². The Hall–Kier alpha value is -1.96. The van der Waals surface area contributed by atoms with E-state index in [2.05, 4.69) is 17.1 Å². The first-order chi connectivity index (χ1) is 13.4. The van der Waals surface area contributed by atoms with E-state index in [0.717, 1.165) is 54.0 Å². The van der Waals surface area contributed by atoms with Crippen LogP contribution in [-0.4, -0.2) is 62.8 Å². The largest absolute Gasteiger partial charge is 0.352 e. The van der Waals surface area contributed by atoms with Crippen LogP contribution in [0.2, 0.25) is 0 Å². The molecule has 1 fully saturated rings. The first-order valence-electron chi connectivity index (χ1n) is 9.87. The average molecular weight is 404 g/mol. The molecule has 0 atom stereocenters. The Bertz CT molecular complexity index is 921. The molecule has 0 bridgehead atoms. The fourth-order valence-corrected chi connectivity index (χ4v) is 4.85. The Morgan fingerprint density at radius 2 is 1.82 bits per heavy atom. The Balaban J connectivity index is 1.59. The quantitative estimate of drug-likeness (QED) is 0.771. The number of rotatable bonds is 7. The Kier molecular flexibility index (Phi) is 6.69. The van der Waals surface area contributed by atoms with Crippen LogP contribution in [-0.2, 0) is 14.8 Å². The number of sulfonamides is 1. The van der Waals surface area contributed by atoms with Crippen molar-refractivity contribution in [2.45, 2.75) is 37.1 Å². The number of likely N-dealkylation sites (N-methyl/N-ethyl adjacent to an activating group) is 1. The van der Waals surface area contributed by atoms with Gasteiger partial charge in [0.25, 0.3) is 0 Å². The molecule has 0 saturated carbocycles. The average Bonchev–Trinajstić information content (AvgIpc) is 2.69. The van der Waals surface area contributed by atoms with Gasteiger partial charge in [-0.05, 0) is 48.7 Å². The first kappa shape index (κ1) is 20.8. The molecule has 1 saturated heterocycles. The minimum atomic E-state index is -3.72. The molecule has 0 aromatic heterocycles. The van der Waals surface area contributed by atoms with Gasteiger partial charge in [0.1, 0.15) is 0 Å². The van der Waals surface area contributed by atoms with Gasteiger partial charge in [-0.25, -0.2) is 8.42 Å². The standard InChI is InChI=1S/C21H29N3O3S/c1-3-12-24-13-10-19(11-14-24)22-21(25)16-23(2)28(26,27)20-9-8-17-6-4-5-7-18(17)15-20/h4-9,15,19H,3,10-14,16H2,1-2H3,(H,22,25). The summed E-state index contributed by atoms with van der Waals surface area (Å²) in [6.07, 6.45) is 2.95. The highest BCUT2D eigenvalue weighted by Gasteiger charge is 2.25. The fourth-order valence-electron chi connectivity index (χ4n) is 3.69. The molecule has 0 radical (unpaired) electrons. The second kappa shape index (κ2) is 9.03. The molecule has 28 heavy (non-hydrogen) atoms. The highest BCUT2D eigenvalue weighted by molar-refractivity contribution is 7.89. The molecular formula is C21H29N3O3S. The molecule has 7 heteroatoms. The van der Waals surface area contributed by atoms with E-state index in [0.29, 0.717) is 0 Å². The predicted octanol–water partition coefficient (Wildman–Crippen LogP) is 2.45. The summed E-state index contributed by atoms with van der Waals surface area (Å²) < 4.78 is 26.8. The van der Waals surface area contributed by atoms with Crippen molar-refractivity contribution in [1.82, 2.24) is 14.5 Å². The van der Waals surface area contributed by atoms with Crippen LogP contribution in [0.1, 0.15) is 26.2 Å². The van der Waals surface area contributed by atoms with Gasteiger partial charge >= 0.3 is 0 Å². The lowest BCUT2D eigenvalue weighted by Gasteiger charge is -2.32. The zero-order chi connectivity index (χ0) is 20.1. The number of fused-ring (bicyclic) bond motifs is 1. The molecule has 0 aliphatic carbocycles. The molecule has 1 amide bonds. The number of piperidine rings is 1. The summed E-state index contributed by atoms with van der Waals surface area (Å²) in [6, 6.07) is 12.8. The van der Waals surface area contributed by atoms with E-state index in [9.17, 15) is 13.2 Å². The summed E-state index contributed by atoms with van der Waals surface area (Å²) in [5, 5.41) is 4.84. The molecule has 2 aromatic rings. The molecule has 0 spiro atoms. The minimum Gasteiger partial charge on any atom is -0.352 e. The van der Waals surface area contributed by atoms with Crippen LogP contribution in [0.3, 0.4) is 0 Å². The minimum absolute atomic E-state index is 0.123. The summed E-state index contributed by atoms with van der Waals surface area (Å²) in [5.74, 6) is -0.249. The zero-order valence-electron chi connectivity index (χ0n) is 16.6. The molecule has 152 valence electrons. The first-order valence-corrected chi connectivity index (χ1v) is 11.3. The number of benzene rings is 2. The summed E-state index contributed by atoms with van der Waals surface area (Å²) in [5.41, 5.74) is 0. The van der Waals surface area contributed by atoms with E-state index in [-0.39, 0.29) is 23.4 Å². The van der Waals surface area contributed by atoms with Crippen molar-refractivity contribution in [3.05, 3.63) is 42.5 Å². The van der Waals surface area contributed by atoms with Gasteiger partial charge < -0.3 is 10.2 Å². The molecule has 3 rings (SSSR count). The molecular weight excluding hydrogens is 374 g/mol. The van der Waals surface area contributed by atoms with Crippen LogP contribution in [0.25, 0.3) is 10.8 Å². The molecule has 0 unspecified atom stereocenters. The maximum Gasteiger partial charge on any atom is 0.243 e. The number of likely N-dealkylation sites (tertiary alicyclic amines) is 1. The number of carbonyl (C=O) groups is 1. The molecule has 1 heterocycles. The van der Waals surface area contributed by atoms with Crippen LogP contribution in [0.4, 0.5) is 0 Å². The van der Waals surface area contributed by atoms with E-state index >= 15 is 0 Å². The van der Waals surface area contributed by atoms with Gasteiger partial charge in [0, 0.05) is 26.2 Å². The third-order valence-corrected chi connectivity index (χ3v) is 7.09. The summed E-state index contributed by atoms with van der Waals surface area (Å²) in [4.78, 5) is 15.0. The van der Waals surface area contributed by atoms with Crippen molar-refractivity contribution >= 4 is 26.7 Å². The second-order valence-corrected chi connectivity index (χ2v) is 9.50. The number of hydrogen-bond acceptors (Lipinski definition) is 4. The Labute approximate surface area is 167 Å². The number of hydrogen-bond donors (Lipinski definition) is 1. The van der Waals surface area contributed by atoms with Crippen LogP contribution in [0.15, 0.2) is 47.4 Å². The molecule has 1 N–H and O–H groups in total. The van der Waals surface area contributed by atoms with Crippen molar-refractivity contribution in [2.24, 2.45) is 0 Å². The number of amides is 1. The van der Waals surface area contributed by atoms with Crippen LogP contribution >= 0.6 is 0 Å². The third-order valence-electron chi connectivity index (χ3n) is 5.29. The van der Waals surface area contributed by atoms with Crippen molar-refractivity contribution in [3.8, 4) is 0 Å². The molecule has 1 aliphatic heterocycles. The normalized spacial score (nSPS) is 16.5. The number of nitrogens with one attached hydrogen (secondary N) is 1. The van der Waals surface area contributed by atoms with Gasteiger partial charge in [-0.2, -0.15) is 4.31 Å². The van der Waals surface area contributed by atoms with E-state index in [1.165, 1.54) is 7.05 Å². The van der Waals surface area contributed by atoms with Gasteiger partial charge in [-0.3, -0.25) is 4.79 Å². The van der Waals surface area contributed by atoms with E-state index in [4.69, 9.17) is 0 Å². The van der Waals surface area contributed by atoms with Gasteiger partial charge in [0.15, 0.2) is 0 Å². The number of carbonyl (C=O) groups excluding carboxylic acids is 1. The van der Waals surface area contributed by atoms with E-state index in [1.54, 1.807) is 18.2 Å². The highest BCUT2D eigenvalue weighted by Crippen LogP contribution is 2.21. The summed E-state index contributed by atoms with van der Waals surface area (Å²) in [7, 11) is -2.27. The predicted molar refractivity (Wildman–Crippen MR) is 112 cm³/mol. The highest BCUT2D eigenvalue weighted by atomic mass is 32.2. The third kappa shape index (κ3) is 4.90. The van der Waals surface area contributed by atoms with Crippen molar-refractivity contribution in [1.29, 1.82) is 0 Å². The zero-order valence-corrected chi connectivity index (χ0v) is 17.4. The molecule has 6 nitrogen and oxygen atoms in total. The van der Waals surface area contributed by atoms with Gasteiger partial charge in [-0.1, -0.05) is 37.3 Å². The topological polar surface area (TPSA) is 69.7 Å². The van der Waals surface area contributed by atoms with Crippen molar-refractivity contribution < 1.29 is 13.2 Å². The second-order valence-electron chi connectivity index (χ2n) is 7.45. The van der Waals surface area contributed by atoms with Gasteiger partial charge in [0.2, 0.25) is 15.9 Å². The lowest BCUT2D eigenvalue weighted by molar-refractivity contribution is -0.122. The lowest BCUT2D eigenvalue weighted by atomic mass is 10.0. The Morgan fingerprint density at radius 1 is 1.14 bits per heavy atom. The summed E-state index contributed by atoms with van der Waals surface area (Å²) in [6.45, 7) is 5.03. The maximum absolute atomic E-state index is 12.9. The van der Waals surface area contributed by atoms with Crippen LogP contribution in [0.5, 0.6) is 0 Å². The van der Waals surface area contributed by atoms with Crippen LogP contribution in [0, 0.1) is 0 Å². The Morgan fingerprint density at radius 3 is 2.50 bits per heavy atom. The lowest BCUT2D eigenvalue weighted by Crippen LogP contribution is -2.47. The van der Waals surface area contributed by atoms with E-state index < -0.39 is 10.0 Å². The smallest absolute Gasteiger partial charge is 0.243 e. The number of nitrogens with zero attached hydrogens (tertiary/aromatic N) is 2. The monoisotopic (exact) mass is 403 g/mol. The van der Waals surface area contributed by atoms with Crippen LogP contribution < -0.4 is 5.32 Å². The maximum atomic E-state index is 12.9.